The van der Waals surface area contributed by atoms with E-state index in [0.29, 0.717) is 0 Å². The van der Waals surface area contributed by atoms with E-state index < -0.39 is 12.5 Å². The quantitative estimate of drug-likeness (QED) is 0.874. The lowest BCUT2D eigenvalue weighted by Gasteiger charge is -2.30. The zero-order valence-corrected chi connectivity index (χ0v) is 12.6. The molecule has 2 rings (SSSR count). The number of benzene rings is 1. The lowest BCUT2D eigenvalue weighted by Crippen LogP contribution is -2.51. The Bertz CT molecular complexity index is 526. The molecule has 0 radical (unpaired) electrons. The van der Waals surface area contributed by atoms with Crippen LogP contribution in [-0.2, 0) is 0 Å². The topological polar surface area (TPSA) is 59.6 Å². The van der Waals surface area contributed by atoms with Crippen LogP contribution in [0.3, 0.4) is 0 Å². The molecule has 122 valence electrons. The Labute approximate surface area is 128 Å². The van der Waals surface area contributed by atoms with Crippen LogP contribution >= 0.6 is 0 Å². The Hall–Kier alpha value is -1.89. The molecule has 1 aromatic carbocycles. The molecular formula is C15H20F2N2O3. The number of alkyl halides is 2. The Morgan fingerprint density at radius 1 is 1.45 bits per heavy atom. The van der Waals surface area contributed by atoms with Crippen molar-refractivity contribution in [1.82, 2.24) is 10.6 Å². The van der Waals surface area contributed by atoms with E-state index in [1.807, 2.05) is 6.92 Å². The van der Waals surface area contributed by atoms with E-state index >= 15 is 0 Å². The molecule has 0 bridgehead atoms. The molecule has 0 aromatic heterocycles. The van der Waals surface area contributed by atoms with Crippen molar-refractivity contribution in [2.45, 2.75) is 38.5 Å². The van der Waals surface area contributed by atoms with Gasteiger partial charge in [-0.3, -0.25) is 4.79 Å². The van der Waals surface area contributed by atoms with Gasteiger partial charge in [-0.2, -0.15) is 8.78 Å². The molecule has 2 N–H and O–H groups in total. The van der Waals surface area contributed by atoms with Gasteiger partial charge in [0.05, 0.1) is 12.7 Å². The third-order valence-corrected chi connectivity index (χ3v) is 3.73. The van der Waals surface area contributed by atoms with Crippen LogP contribution in [0.15, 0.2) is 18.2 Å². The number of methoxy groups -OCH3 is 1. The minimum absolute atomic E-state index is 0.0393. The molecule has 2 unspecified atom stereocenters. The number of carbonyl (C=O) groups excluding carboxylic acids is 1. The fourth-order valence-electron chi connectivity index (χ4n) is 2.55. The number of ether oxygens (including phenoxy) is 2. The third kappa shape index (κ3) is 3.85. The fraction of sp³-hybridized carbons (Fsp3) is 0.533. The van der Waals surface area contributed by atoms with Crippen molar-refractivity contribution in [3.8, 4) is 11.5 Å². The maximum absolute atomic E-state index is 12.6. The van der Waals surface area contributed by atoms with Crippen LogP contribution in [-0.4, -0.2) is 38.3 Å². The van der Waals surface area contributed by atoms with Crippen molar-refractivity contribution >= 4 is 5.91 Å². The lowest BCUT2D eigenvalue weighted by atomic mass is 9.99. The lowest BCUT2D eigenvalue weighted by molar-refractivity contribution is -0.0515. The molecule has 1 amide bonds. The van der Waals surface area contributed by atoms with Gasteiger partial charge in [0, 0.05) is 12.1 Å². The van der Waals surface area contributed by atoms with Gasteiger partial charge in [-0.25, -0.2) is 0 Å². The van der Waals surface area contributed by atoms with E-state index in [1.54, 1.807) is 6.07 Å². The Morgan fingerprint density at radius 3 is 2.86 bits per heavy atom. The van der Waals surface area contributed by atoms with E-state index in [2.05, 4.69) is 15.4 Å². The zero-order chi connectivity index (χ0) is 16.1. The van der Waals surface area contributed by atoms with E-state index in [0.717, 1.165) is 19.4 Å². The van der Waals surface area contributed by atoms with Gasteiger partial charge in [0.25, 0.3) is 5.91 Å². The molecule has 2 atom stereocenters. The second-order valence-electron chi connectivity index (χ2n) is 5.18. The first-order valence-corrected chi connectivity index (χ1v) is 7.19. The van der Waals surface area contributed by atoms with Crippen molar-refractivity contribution in [3.63, 3.8) is 0 Å². The Kier molecular flexibility index (Phi) is 5.54. The number of halogens is 2. The van der Waals surface area contributed by atoms with Crippen LogP contribution in [0.5, 0.6) is 11.5 Å². The van der Waals surface area contributed by atoms with E-state index in [9.17, 15) is 13.6 Å². The maximum atomic E-state index is 12.6. The van der Waals surface area contributed by atoms with Crippen molar-refractivity contribution in [1.29, 1.82) is 0 Å². The smallest absolute Gasteiger partial charge is 0.387 e. The number of nitrogens with one attached hydrogen (secondary N) is 2. The van der Waals surface area contributed by atoms with Crippen LogP contribution in [0, 0.1) is 0 Å². The number of carbonyl (C=O) groups is 1. The highest BCUT2D eigenvalue weighted by Crippen LogP contribution is 2.32. The van der Waals surface area contributed by atoms with Crippen LogP contribution in [0.25, 0.3) is 0 Å². The van der Waals surface area contributed by atoms with Crippen LogP contribution in [0.2, 0.25) is 0 Å². The average molecular weight is 314 g/mol. The summed E-state index contributed by atoms with van der Waals surface area (Å²) >= 11 is 0. The summed E-state index contributed by atoms with van der Waals surface area (Å²) < 4.78 is 34.6. The summed E-state index contributed by atoms with van der Waals surface area (Å²) in [7, 11) is 1.34. The minimum atomic E-state index is -3.03. The SMILES string of the molecule is COc1cccc(C(=O)NC2CCCNC2C)c1OC(F)F. The second-order valence-corrected chi connectivity index (χ2v) is 5.18. The second kappa shape index (κ2) is 7.40. The van der Waals surface area contributed by atoms with E-state index in [1.165, 1.54) is 19.2 Å². The van der Waals surface area contributed by atoms with Gasteiger partial charge in [0.2, 0.25) is 0 Å². The molecule has 1 aromatic rings. The largest absolute Gasteiger partial charge is 0.493 e. The first kappa shape index (κ1) is 16.5. The molecule has 0 aliphatic carbocycles. The van der Waals surface area contributed by atoms with Gasteiger partial charge in [-0.05, 0) is 38.4 Å². The molecule has 1 fully saturated rings. The van der Waals surface area contributed by atoms with Crippen molar-refractivity contribution in [3.05, 3.63) is 23.8 Å². The predicted octanol–water partition coefficient (Wildman–Crippen LogP) is 2.17. The number of piperidine rings is 1. The third-order valence-electron chi connectivity index (χ3n) is 3.73. The minimum Gasteiger partial charge on any atom is -0.493 e. The molecule has 7 heteroatoms. The fourth-order valence-corrected chi connectivity index (χ4v) is 2.55. The summed E-state index contributed by atoms with van der Waals surface area (Å²) in [4.78, 5) is 12.4. The molecule has 1 aliphatic heterocycles. The van der Waals surface area contributed by atoms with Gasteiger partial charge in [-0.15, -0.1) is 0 Å². The molecule has 0 spiro atoms. The summed E-state index contributed by atoms with van der Waals surface area (Å²) in [6.45, 7) is -0.142. The average Bonchev–Trinajstić information content (AvgIpc) is 2.49. The molecule has 1 aliphatic rings. The summed E-state index contributed by atoms with van der Waals surface area (Å²) in [6.07, 6.45) is 1.79. The van der Waals surface area contributed by atoms with E-state index in [4.69, 9.17) is 4.74 Å². The monoisotopic (exact) mass is 314 g/mol. The highest BCUT2D eigenvalue weighted by Gasteiger charge is 2.26. The van der Waals surface area contributed by atoms with E-state index in [-0.39, 0.29) is 29.1 Å². The Morgan fingerprint density at radius 2 is 2.23 bits per heavy atom. The molecule has 5 nitrogen and oxygen atoms in total. The highest BCUT2D eigenvalue weighted by atomic mass is 19.3. The Balaban J connectivity index is 2.21. The standard InChI is InChI=1S/C15H20F2N2O3/c1-9-11(6-4-8-18-9)19-14(20)10-5-3-7-12(21-2)13(10)22-15(16)17/h3,5,7,9,11,15,18H,4,6,8H2,1-2H3,(H,19,20). The van der Waals surface area contributed by atoms with Crippen LogP contribution in [0.4, 0.5) is 8.78 Å². The van der Waals surface area contributed by atoms with Gasteiger partial charge in [0.1, 0.15) is 0 Å². The summed E-state index contributed by atoms with van der Waals surface area (Å²) in [6, 6.07) is 4.55. The van der Waals surface area contributed by atoms with Crippen LogP contribution < -0.4 is 20.1 Å². The normalized spacial score (nSPS) is 21.5. The van der Waals surface area contributed by atoms with Gasteiger partial charge in [-0.1, -0.05) is 6.07 Å². The summed E-state index contributed by atoms with van der Waals surface area (Å²) in [5, 5.41) is 6.14. The number of hydrogen-bond donors (Lipinski definition) is 2. The molecule has 1 saturated heterocycles. The zero-order valence-electron chi connectivity index (χ0n) is 12.6. The number of amides is 1. The van der Waals surface area contributed by atoms with Crippen LogP contribution in [0.1, 0.15) is 30.1 Å². The van der Waals surface area contributed by atoms with Gasteiger partial charge < -0.3 is 20.1 Å². The van der Waals surface area contributed by atoms with Crippen molar-refractivity contribution in [2.75, 3.05) is 13.7 Å². The van der Waals surface area contributed by atoms with Gasteiger partial charge >= 0.3 is 6.61 Å². The molecule has 0 saturated carbocycles. The maximum Gasteiger partial charge on any atom is 0.387 e. The molecule has 22 heavy (non-hydrogen) atoms. The summed E-state index contributed by atoms with van der Waals surface area (Å²) in [5.74, 6) is -0.591. The van der Waals surface area contributed by atoms with Gasteiger partial charge in [0.15, 0.2) is 11.5 Å². The van der Waals surface area contributed by atoms with Crippen molar-refractivity contribution < 1.29 is 23.0 Å². The van der Waals surface area contributed by atoms with Crippen molar-refractivity contribution in [2.24, 2.45) is 0 Å². The number of para-hydroxylation sites is 1. The molecule has 1 heterocycles. The summed E-state index contributed by atoms with van der Waals surface area (Å²) in [5.41, 5.74) is 0.0393. The molecular weight excluding hydrogens is 294 g/mol. The highest BCUT2D eigenvalue weighted by molar-refractivity contribution is 5.98. The first-order valence-electron chi connectivity index (χ1n) is 7.19. The predicted molar refractivity (Wildman–Crippen MR) is 77.6 cm³/mol. The number of rotatable bonds is 5. The number of hydrogen-bond acceptors (Lipinski definition) is 4. The first-order chi connectivity index (χ1) is 10.5.